The van der Waals surface area contributed by atoms with Crippen molar-refractivity contribution in [3.8, 4) is 0 Å². The SMILES string of the molecule is CC(C)C(Sc1cnn(C)c1)C(=O)O. The minimum absolute atomic E-state index is 0.109. The molecule has 0 radical (unpaired) electrons. The average molecular weight is 214 g/mol. The summed E-state index contributed by atoms with van der Waals surface area (Å²) in [5, 5.41) is 12.6. The first-order chi connectivity index (χ1) is 6.50. The summed E-state index contributed by atoms with van der Waals surface area (Å²) >= 11 is 1.34. The van der Waals surface area contributed by atoms with Gasteiger partial charge in [-0.2, -0.15) is 5.10 Å². The van der Waals surface area contributed by atoms with E-state index in [1.165, 1.54) is 11.8 Å². The molecule has 0 aromatic carbocycles. The van der Waals surface area contributed by atoms with Gasteiger partial charge in [-0.1, -0.05) is 13.8 Å². The van der Waals surface area contributed by atoms with Gasteiger partial charge in [-0.15, -0.1) is 11.8 Å². The van der Waals surface area contributed by atoms with Crippen LogP contribution in [-0.4, -0.2) is 26.1 Å². The molecule has 0 bridgehead atoms. The van der Waals surface area contributed by atoms with Crippen LogP contribution in [0.15, 0.2) is 17.3 Å². The second-order valence-electron chi connectivity index (χ2n) is 3.47. The topological polar surface area (TPSA) is 55.1 Å². The maximum absolute atomic E-state index is 10.9. The van der Waals surface area contributed by atoms with Crippen LogP contribution in [0.25, 0.3) is 0 Å². The van der Waals surface area contributed by atoms with Crippen molar-refractivity contribution >= 4 is 17.7 Å². The fourth-order valence-corrected chi connectivity index (χ4v) is 2.07. The highest BCUT2D eigenvalue weighted by atomic mass is 32.2. The Labute approximate surface area is 87.3 Å². The van der Waals surface area contributed by atoms with Gasteiger partial charge in [0.2, 0.25) is 0 Å². The number of carboxylic acids is 1. The average Bonchev–Trinajstić information content (AvgIpc) is 2.46. The van der Waals surface area contributed by atoms with Gasteiger partial charge in [0.15, 0.2) is 0 Å². The molecule has 1 aromatic heterocycles. The van der Waals surface area contributed by atoms with Crippen LogP contribution in [0.1, 0.15) is 13.8 Å². The fourth-order valence-electron chi connectivity index (χ4n) is 1.08. The number of carboxylic acid groups (broad SMARTS) is 1. The third-order valence-electron chi connectivity index (χ3n) is 1.79. The predicted octanol–water partition coefficient (Wildman–Crippen LogP) is 1.62. The molecule has 0 aliphatic heterocycles. The molecule has 1 heterocycles. The second-order valence-corrected chi connectivity index (χ2v) is 4.69. The Morgan fingerprint density at radius 1 is 1.64 bits per heavy atom. The van der Waals surface area contributed by atoms with Crippen LogP contribution in [0.4, 0.5) is 0 Å². The molecule has 78 valence electrons. The van der Waals surface area contributed by atoms with Gasteiger partial charge in [-0.05, 0) is 5.92 Å². The van der Waals surface area contributed by atoms with E-state index in [0.717, 1.165) is 4.90 Å². The molecule has 0 aliphatic rings. The first-order valence-corrected chi connectivity index (χ1v) is 5.26. The van der Waals surface area contributed by atoms with E-state index in [0.29, 0.717) is 0 Å². The van der Waals surface area contributed by atoms with Crippen LogP contribution in [0, 0.1) is 5.92 Å². The normalized spacial score (nSPS) is 13.1. The minimum Gasteiger partial charge on any atom is -0.480 e. The van der Waals surface area contributed by atoms with Gasteiger partial charge in [0.05, 0.1) is 6.20 Å². The van der Waals surface area contributed by atoms with Crippen molar-refractivity contribution in [1.29, 1.82) is 0 Å². The summed E-state index contributed by atoms with van der Waals surface area (Å²) in [6.07, 6.45) is 3.51. The van der Waals surface area contributed by atoms with Crippen molar-refractivity contribution in [3.63, 3.8) is 0 Å². The molecule has 0 spiro atoms. The van der Waals surface area contributed by atoms with Gasteiger partial charge in [-0.25, -0.2) is 0 Å². The van der Waals surface area contributed by atoms with E-state index >= 15 is 0 Å². The van der Waals surface area contributed by atoms with Gasteiger partial charge in [-0.3, -0.25) is 9.48 Å². The lowest BCUT2D eigenvalue weighted by molar-refractivity contribution is -0.137. The summed E-state index contributed by atoms with van der Waals surface area (Å²) in [7, 11) is 1.81. The molecular weight excluding hydrogens is 200 g/mol. The molecule has 1 unspecified atom stereocenters. The molecule has 0 saturated carbocycles. The molecule has 1 atom stereocenters. The van der Waals surface area contributed by atoms with E-state index in [4.69, 9.17) is 5.11 Å². The maximum atomic E-state index is 10.9. The molecule has 1 N–H and O–H groups in total. The number of nitrogens with zero attached hydrogens (tertiary/aromatic N) is 2. The van der Waals surface area contributed by atoms with E-state index in [1.807, 2.05) is 27.1 Å². The smallest absolute Gasteiger partial charge is 0.317 e. The molecular formula is C9H14N2O2S. The summed E-state index contributed by atoms with van der Waals surface area (Å²) in [6.45, 7) is 3.81. The van der Waals surface area contributed by atoms with Crippen molar-refractivity contribution < 1.29 is 9.90 Å². The van der Waals surface area contributed by atoms with Crippen molar-refractivity contribution in [3.05, 3.63) is 12.4 Å². The van der Waals surface area contributed by atoms with Crippen LogP contribution < -0.4 is 0 Å². The van der Waals surface area contributed by atoms with Gasteiger partial charge in [0, 0.05) is 18.1 Å². The van der Waals surface area contributed by atoms with Crippen molar-refractivity contribution in [2.24, 2.45) is 13.0 Å². The van der Waals surface area contributed by atoms with Gasteiger partial charge in [0.25, 0.3) is 0 Å². The van der Waals surface area contributed by atoms with Gasteiger partial charge >= 0.3 is 5.97 Å². The first-order valence-electron chi connectivity index (χ1n) is 4.39. The van der Waals surface area contributed by atoms with Crippen molar-refractivity contribution in [2.45, 2.75) is 24.0 Å². The zero-order valence-corrected chi connectivity index (χ0v) is 9.28. The van der Waals surface area contributed by atoms with Gasteiger partial charge in [0.1, 0.15) is 5.25 Å². The Balaban J connectivity index is 2.69. The van der Waals surface area contributed by atoms with E-state index < -0.39 is 11.2 Å². The molecule has 4 nitrogen and oxygen atoms in total. The standard InChI is InChI=1S/C9H14N2O2S/c1-6(2)8(9(12)13)14-7-4-10-11(3)5-7/h4-6,8H,1-3H3,(H,12,13). The van der Waals surface area contributed by atoms with E-state index in [1.54, 1.807) is 10.9 Å². The lowest BCUT2D eigenvalue weighted by atomic mass is 10.1. The Kier molecular flexibility index (Phi) is 3.57. The van der Waals surface area contributed by atoms with Crippen molar-refractivity contribution in [1.82, 2.24) is 9.78 Å². The third-order valence-corrected chi connectivity index (χ3v) is 3.28. The highest BCUT2D eigenvalue weighted by Crippen LogP contribution is 2.27. The highest BCUT2D eigenvalue weighted by Gasteiger charge is 2.22. The minimum atomic E-state index is -0.770. The van der Waals surface area contributed by atoms with Crippen LogP contribution in [0.5, 0.6) is 0 Å². The predicted molar refractivity (Wildman–Crippen MR) is 55.3 cm³/mol. The van der Waals surface area contributed by atoms with Crippen LogP contribution in [0.3, 0.4) is 0 Å². The molecule has 0 aliphatic carbocycles. The highest BCUT2D eigenvalue weighted by molar-refractivity contribution is 8.00. The fraction of sp³-hybridized carbons (Fsp3) is 0.556. The molecule has 0 fully saturated rings. The summed E-state index contributed by atoms with van der Waals surface area (Å²) in [5.74, 6) is -0.661. The number of aliphatic carboxylic acids is 1. The Hall–Kier alpha value is -0.970. The largest absolute Gasteiger partial charge is 0.480 e. The van der Waals surface area contributed by atoms with Crippen molar-refractivity contribution in [2.75, 3.05) is 0 Å². The quantitative estimate of drug-likeness (QED) is 0.774. The number of thioether (sulfide) groups is 1. The van der Waals surface area contributed by atoms with E-state index in [-0.39, 0.29) is 5.92 Å². The summed E-state index contributed by atoms with van der Waals surface area (Å²) < 4.78 is 1.67. The van der Waals surface area contributed by atoms with Crippen LogP contribution in [-0.2, 0) is 11.8 Å². The number of aryl methyl sites for hydroxylation is 1. The van der Waals surface area contributed by atoms with E-state index in [9.17, 15) is 4.79 Å². The van der Waals surface area contributed by atoms with Gasteiger partial charge < -0.3 is 5.11 Å². The number of carbonyl (C=O) groups is 1. The molecule has 1 rings (SSSR count). The lowest BCUT2D eigenvalue weighted by Gasteiger charge is -2.13. The second kappa shape index (κ2) is 4.50. The monoisotopic (exact) mass is 214 g/mol. The Bertz CT molecular complexity index is 322. The Morgan fingerprint density at radius 2 is 2.29 bits per heavy atom. The number of hydrogen-bond donors (Lipinski definition) is 1. The number of hydrogen-bond acceptors (Lipinski definition) is 3. The summed E-state index contributed by atoms with van der Waals surface area (Å²) in [5.41, 5.74) is 0. The molecule has 14 heavy (non-hydrogen) atoms. The molecule has 0 amide bonds. The summed E-state index contributed by atoms with van der Waals surface area (Å²) in [4.78, 5) is 11.8. The first kappa shape index (κ1) is 11.1. The molecule has 5 heteroatoms. The third kappa shape index (κ3) is 2.77. The zero-order chi connectivity index (χ0) is 10.7. The molecule has 1 aromatic rings. The van der Waals surface area contributed by atoms with Crippen LogP contribution >= 0.6 is 11.8 Å². The van der Waals surface area contributed by atoms with E-state index in [2.05, 4.69) is 5.10 Å². The number of aromatic nitrogens is 2. The zero-order valence-electron chi connectivity index (χ0n) is 8.47. The van der Waals surface area contributed by atoms with Crippen LogP contribution in [0.2, 0.25) is 0 Å². The lowest BCUT2D eigenvalue weighted by Crippen LogP contribution is -2.22. The molecule has 0 saturated heterocycles. The summed E-state index contributed by atoms with van der Waals surface area (Å²) in [6, 6.07) is 0. The number of rotatable bonds is 4. The maximum Gasteiger partial charge on any atom is 0.317 e. The Morgan fingerprint density at radius 3 is 2.64 bits per heavy atom.